The Balaban J connectivity index is 1.59. The molecule has 1 aliphatic heterocycles. The Morgan fingerprint density at radius 2 is 2.21 bits per heavy atom. The first-order chi connectivity index (χ1) is 14.0. The summed E-state index contributed by atoms with van der Waals surface area (Å²) in [7, 11) is 2.05. The van der Waals surface area contributed by atoms with Crippen LogP contribution in [0.15, 0.2) is 35.5 Å². The lowest BCUT2D eigenvalue weighted by Gasteiger charge is -2.18. The van der Waals surface area contributed by atoms with Crippen molar-refractivity contribution in [2.45, 2.75) is 50.1 Å². The molecule has 3 rings (SSSR count). The van der Waals surface area contributed by atoms with Gasteiger partial charge in [-0.05, 0) is 43.9 Å². The van der Waals surface area contributed by atoms with Crippen molar-refractivity contribution in [2.75, 3.05) is 31.6 Å². The number of aryl methyl sites for hydroxylation is 1. The highest BCUT2D eigenvalue weighted by Crippen LogP contribution is 2.23. The third kappa shape index (κ3) is 6.44. The van der Waals surface area contributed by atoms with Crippen LogP contribution in [0.2, 0.25) is 0 Å². The molecule has 6 nitrogen and oxygen atoms in total. The maximum atomic E-state index is 12.4. The number of hydrogen-bond donors (Lipinski definition) is 1. The Kier molecular flexibility index (Phi) is 7.89. The van der Waals surface area contributed by atoms with Crippen molar-refractivity contribution in [2.24, 2.45) is 0 Å². The number of rotatable bonds is 9. The van der Waals surface area contributed by atoms with Crippen LogP contribution in [-0.2, 0) is 10.5 Å². The smallest absolute Gasteiger partial charge is 0.251 e. The molecule has 1 aliphatic rings. The number of aromatic nitrogens is 2. The van der Waals surface area contributed by atoms with Crippen LogP contribution in [-0.4, -0.2) is 48.7 Å². The molecule has 29 heavy (non-hydrogen) atoms. The van der Waals surface area contributed by atoms with Crippen molar-refractivity contribution < 1.29 is 9.53 Å². The number of nitrogens with zero attached hydrogens (tertiary/aromatic N) is 3. The van der Waals surface area contributed by atoms with E-state index in [1.807, 2.05) is 37.3 Å². The van der Waals surface area contributed by atoms with E-state index in [2.05, 4.69) is 34.2 Å². The summed E-state index contributed by atoms with van der Waals surface area (Å²) in [5.41, 5.74) is 2.71. The molecule has 0 spiro atoms. The third-order valence-electron chi connectivity index (χ3n) is 4.84. The van der Waals surface area contributed by atoms with Gasteiger partial charge in [-0.25, -0.2) is 9.97 Å². The minimum atomic E-state index is -0.0531. The van der Waals surface area contributed by atoms with Crippen LogP contribution in [0.5, 0.6) is 0 Å². The molecular weight excluding hydrogens is 384 g/mol. The standard InChI is InChI=1S/C22H30N4O2S/c1-4-10-26(3)20-12-16(2)24-22(25-20)29-15-17-7-5-8-18(13-17)21(27)23-14-19-9-6-11-28-19/h5,7-8,12-13,19H,4,6,9-11,14-15H2,1-3H3,(H,23,27). The van der Waals surface area contributed by atoms with Crippen LogP contribution in [0.3, 0.4) is 0 Å². The average Bonchev–Trinajstić information content (AvgIpc) is 3.24. The van der Waals surface area contributed by atoms with Crippen molar-refractivity contribution >= 4 is 23.5 Å². The van der Waals surface area contributed by atoms with E-state index in [9.17, 15) is 4.79 Å². The third-order valence-corrected chi connectivity index (χ3v) is 5.76. The highest BCUT2D eigenvalue weighted by Gasteiger charge is 2.17. The molecule has 1 aromatic carbocycles. The monoisotopic (exact) mass is 414 g/mol. The minimum absolute atomic E-state index is 0.0531. The van der Waals surface area contributed by atoms with Gasteiger partial charge in [-0.3, -0.25) is 4.79 Å². The fourth-order valence-electron chi connectivity index (χ4n) is 3.30. The fraction of sp³-hybridized carbons (Fsp3) is 0.500. The maximum Gasteiger partial charge on any atom is 0.251 e. The van der Waals surface area contributed by atoms with Crippen molar-refractivity contribution in [1.29, 1.82) is 0 Å². The second-order valence-electron chi connectivity index (χ2n) is 7.41. The minimum Gasteiger partial charge on any atom is -0.376 e. The van der Waals surface area contributed by atoms with Gasteiger partial charge in [0.1, 0.15) is 5.82 Å². The van der Waals surface area contributed by atoms with Crippen LogP contribution in [0.25, 0.3) is 0 Å². The van der Waals surface area contributed by atoms with Crippen LogP contribution < -0.4 is 10.2 Å². The molecule has 0 radical (unpaired) electrons. The number of carbonyl (C=O) groups excluding carboxylic acids is 1. The van der Waals surface area contributed by atoms with Crippen LogP contribution in [0, 0.1) is 6.92 Å². The zero-order valence-corrected chi connectivity index (χ0v) is 18.3. The van der Waals surface area contributed by atoms with Crippen LogP contribution in [0.4, 0.5) is 5.82 Å². The van der Waals surface area contributed by atoms with Crippen LogP contribution >= 0.6 is 11.8 Å². The van der Waals surface area contributed by atoms with Gasteiger partial charge in [0, 0.05) is 49.8 Å². The number of anilines is 1. The van der Waals surface area contributed by atoms with Crippen molar-refractivity contribution in [3.63, 3.8) is 0 Å². The molecule has 0 aliphatic carbocycles. The van der Waals surface area contributed by atoms with Gasteiger partial charge in [0.05, 0.1) is 6.10 Å². The summed E-state index contributed by atoms with van der Waals surface area (Å²) in [5, 5.41) is 3.74. The lowest BCUT2D eigenvalue weighted by Crippen LogP contribution is -2.31. The van der Waals surface area contributed by atoms with E-state index in [0.29, 0.717) is 17.9 Å². The number of nitrogens with one attached hydrogen (secondary N) is 1. The Morgan fingerprint density at radius 1 is 1.34 bits per heavy atom. The number of carbonyl (C=O) groups is 1. The first kappa shape index (κ1) is 21.6. The van der Waals surface area contributed by atoms with Gasteiger partial charge < -0.3 is 15.0 Å². The predicted octanol–water partition coefficient (Wildman–Crippen LogP) is 3.83. The van der Waals surface area contributed by atoms with Crippen molar-refractivity contribution in [1.82, 2.24) is 15.3 Å². The van der Waals surface area contributed by atoms with E-state index >= 15 is 0 Å². The molecule has 2 aromatic rings. The summed E-state index contributed by atoms with van der Waals surface area (Å²) in [6, 6.07) is 9.76. The van der Waals surface area contributed by atoms with Gasteiger partial charge in [-0.1, -0.05) is 30.8 Å². The van der Waals surface area contributed by atoms with Crippen molar-refractivity contribution in [3.8, 4) is 0 Å². The van der Waals surface area contributed by atoms with E-state index in [1.54, 1.807) is 11.8 Å². The second-order valence-corrected chi connectivity index (χ2v) is 8.35. The first-order valence-corrected chi connectivity index (χ1v) is 11.2. The molecule has 1 fully saturated rings. The molecule has 1 N–H and O–H groups in total. The second kappa shape index (κ2) is 10.6. The summed E-state index contributed by atoms with van der Waals surface area (Å²) < 4.78 is 5.57. The van der Waals surface area contributed by atoms with Crippen LogP contribution in [0.1, 0.15) is 47.8 Å². The Bertz CT molecular complexity index is 824. The molecule has 1 amide bonds. The number of amides is 1. The van der Waals surface area contributed by atoms with E-state index in [-0.39, 0.29) is 12.0 Å². The van der Waals surface area contributed by atoms with Gasteiger partial charge in [-0.2, -0.15) is 0 Å². The van der Waals surface area contributed by atoms with E-state index in [4.69, 9.17) is 4.74 Å². The largest absolute Gasteiger partial charge is 0.376 e. The number of benzene rings is 1. The lowest BCUT2D eigenvalue weighted by atomic mass is 10.1. The molecule has 1 atom stereocenters. The van der Waals surface area contributed by atoms with Crippen molar-refractivity contribution in [3.05, 3.63) is 47.2 Å². The topological polar surface area (TPSA) is 67.4 Å². The predicted molar refractivity (Wildman–Crippen MR) is 118 cm³/mol. The summed E-state index contributed by atoms with van der Waals surface area (Å²) in [4.78, 5) is 23.8. The normalized spacial score (nSPS) is 16.0. The summed E-state index contributed by atoms with van der Waals surface area (Å²) in [6.07, 6.45) is 3.31. The maximum absolute atomic E-state index is 12.4. The quantitative estimate of drug-likeness (QED) is 0.497. The van der Waals surface area contributed by atoms with Gasteiger partial charge in [0.25, 0.3) is 5.91 Å². The molecule has 1 saturated heterocycles. The van der Waals surface area contributed by atoms with E-state index < -0.39 is 0 Å². The summed E-state index contributed by atoms with van der Waals surface area (Å²) >= 11 is 1.59. The van der Waals surface area contributed by atoms with Gasteiger partial charge in [-0.15, -0.1) is 0 Å². The highest BCUT2D eigenvalue weighted by atomic mass is 32.2. The molecule has 1 unspecified atom stereocenters. The number of ether oxygens (including phenoxy) is 1. The Labute approximate surface area is 177 Å². The van der Waals surface area contributed by atoms with Gasteiger partial charge in [0.15, 0.2) is 5.16 Å². The van der Waals surface area contributed by atoms with Gasteiger partial charge in [0.2, 0.25) is 0 Å². The summed E-state index contributed by atoms with van der Waals surface area (Å²) in [5.74, 6) is 1.61. The van der Waals surface area contributed by atoms with E-state index in [0.717, 1.165) is 54.6 Å². The fourth-order valence-corrected chi connectivity index (χ4v) is 4.14. The molecule has 7 heteroatoms. The number of thioether (sulfide) groups is 1. The lowest BCUT2D eigenvalue weighted by molar-refractivity contribution is 0.0857. The molecule has 1 aromatic heterocycles. The highest BCUT2D eigenvalue weighted by molar-refractivity contribution is 7.98. The molecular formula is C22H30N4O2S. The molecule has 2 heterocycles. The van der Waals surface area contributed by atoms with E-state index in [1.165, 1.54) is 0 Å². The number of hydrogen-bond acceptors (Lipinski definition) is 6. The summed E-state index contributed by atoms with van der Waals surface area (Å²) in [6.45, 7) is 6.48. The van der Waals surface area contributed by atoms with Gasteiger partial charge >= 0.3 is 0 Å². The average molecular weight is 415 g/mol. The zero-order chi connectivity index (χ0) is 20.6. The first-order valence-electron chi connectivity index (χ1n) is 10.2. The Hall–Kier alpha value is -2.12. The zero-order valence-electron chi connectivity index (χ0n) is 17.5. The molecule has 156 valence electrons. The molecule has 0 bridgehead atoms. The SMILES string of the molecule is CCCN(C)c1cc(C)nc(SCc2cccc(C(=O)NCC3CCCO3)c2)n1. The molecule has 0 saturated carbocycles. The Morgan fingerprint density at radius 3 is 2.97 bits per heavy atom.